The number of halogens is 1. The van der Waals surface area contributed by atoms with E-state index in [4.69, 9.17) is 0 Å². The molecule has 3 heteroatoms. The largest absolute Gasteiger partial charge is 0.389 e. The summed E-state index contributed by atoms with van der Waals surface area (Å²) >= 11 is 1.67. The van der Waals surface area contributed by atoms with Gasteiger partial charge in [0.15, 0.2) is 0 Å². The molecule has 0 aliphatic carbocycles. The summed E-state index contributed by atoms with van der Waals surface area (Å²) in [6, 6.07) is 4.59. The lowest BCUT2D eigenvalue weighted by Gasteiger charge is -2.12. The maximum atomic E-state index is 13.0. The molecule has 1 unspecified atom stereocenters. The van der Waals surface area contributed by atoms with Gasteiger partial charge in [0, 0.05) is 10.6 Å². The van der Waals surface area contributed by atoms with Crippen LogP contribution >= 0.6 is 11.8 Å². The number of hydrogen-bond acceptors (Lipinski definition) is 2. The molecule has 0 radical (unpaired) electrons. The summed E-state index contributed by atoms with van der Waals surface area (Å²) in [6.45, 7) is 5.94. The van der Waals surface area contributed by atoms with E-state index in [1.165, 1.54) is 12.1 Å². The Hall–Kier alpha value is -0.540. The minimum absolute atomic E-state index is 0.292. The van der Waals surface area contributed by atoms with Gasteiger partial charge in [-0.05, 0) is 36.6 Å². The molecule has 84 valence electrons. The third-order valence-electron chi connectivity index (χ3n) is 1.99. The Kier molecular flexibility index (Phi) is 4.61. The van der Waals surface area contributed by atoms with Crippen molar-refractivity contribution in [1.29, 1.82) is 0 Å². The summed E-state index contributed by atoms with van der Waals surface area (Å²) in [5.41, 5.74) is 0.681. The molecule has 0 bridgehead atoms. The number of benzene rings is 1. The van der Waals surface area contributed by atoms with E-state index in [0.717, 1.165) is 10.6 Å². The van der Waals surface area contributed by atoms with Crippen molar-refractivity contribution < 1.29 is 9.50 Å². The highest BCUT2D eigenvalue weighted by atomic mass is 32.2. The smallest absolute Gasteiger partial charge is 0.123 e. The molecular weight excluding hydrogens is 211 g/mol. The minimum atomic E-state index is -0.615. The average Bonchev–Trinajstić information content (AvgIpc) is 2.15. The fourth-order valence-corrected chi connectivity index (χ4v) is 2.31. The van der Waals surface area contributed by atoms with E-state index in [0.29, 0.717) is 11.5 Å². The van der Waals surface area contributed by atoms with Gasteiger partial charge in [0.1, 0.15) is 5.82 Å². The summed E-state index contributed by atoms with van der Waals surface area (Å²) in [5, 5.41) is 9.51. The Bertz CT molecular complexity index is 323. The van der Waals surface area contributed by atoms with E-state index in [9.17, 15) is 9.50 Å². The van der Waals surface area contributed by atoms with Crippen LogP contribution in [0.25, 0.3) is 0 Å². The third-order valence-corrected chi connectivity index (χ3v) is 3.51. The standard InChI is InChI=1S/C12H17FOS/c1-8(2)7-15-12-5-4-10(13)6-11(12)9(3)14/h4-6,8-9,14H,7H2,1-3H3. The number of hydrogen-bond donors (Lipinski definition) is 1. The average molecular weight is 228 g/mol. The molecule has 15 heavy (non-hydrogen) atoms. The van der Waals surface area contributed by atoms with Crippen LogP contribution in [-0.4, -0.2) is 10.9 Å². The van der Waals surface area contributed by atoms with Gasteiger partial charge in [-0.1, -0.05) is 13.8 Å². The SMILES string of the molecule is CC(C)CSc1ccc(F)cc1C(C)O. The first-order valence-electron chi connectivity index (χ1n) is 5.11. The van der Waals surface area contributed by atoms with Gasteiger partial charge < -0.3 is 5.11 Å². The Morgan fingerprint density at radius 3 is 2.53 bits per heavy atom. The molecule has 0 heterocycles. The monoisotopic (exact) mass is 228 g/mol. The molecule has 1 atom stereocenters. The van der Waals surface area contributed by atoms with E-state index in [1.807, 2.05) is 0 Å². The van der Waals surface area contributed by atoms with E-state index in [-0.39, 0.29) is 5.82 Å². The second-order valence-electron chi connectivity index (χ2n) is 4.06. The quantitative estimate of drug-likeness (QED) is 0.794. The number of thioether (sulfide) groups is 1. The van der Waals surface area contributed by atoms with Gasteiger partial charge in [-0.25, -0.2) is 4.39 Å². The molecule has 0 aliphatic heterocycles. The van der Waals surface area contributed by atoms with Gasteiger partial charge in [-0.15, -0.1) is 11.8 Å². The summed E-state index contributed by atoms with van der Waals surface area (Å²) in [4.78, 5) is 0.972. The van der Waals surface area contributed by atoms with Crippen molar-refractivity contribution in [2.75, 3.05) is 5.75 Å². The van der Waals surface area contributed by atoms with Gasteiger partial charge in [0.05, 0.1) is 6.10 Å². The molecule has 1 nitrogen and oxygen atoms in total. The van der Waals surface area contributed by atoms with Crippen LogP contribution in [0.4, 0.5) is 4.39 Å². The van der Waals surface area contributed by atoms with Crippen molar-refractivity contribution >= 4 is 11.8 Å². The molecule has 0 aliphatic rings. The predicted octanol–water partition coefficient (Wildman–Crippen LogP) is 3.63. The molecule has 0 aromatic heterocycles. The van der Waals surface area contributed by atoms with Crippen molar-refractivity contribution in [2.24, 2.45) is 5.92 Å². The van der Waals surface area contributed by atoms with E-state index < -0.39 is 6.10 Å². The van der Waals surface area contributed by atoms with E-state index >= 15 is 0 Å². The second-order valence-corrected chi connectivity index (χ2v) is 5.12. The zero-order valence-electron chi connectivity index (χ0n) is 9.33. The Labute approximate surface area is 94.7 Å². The predicted molar refractivity (Wildman–Crippen MR) is 62.6 cm³/mol. The molecular formula is C12H17FOS. The van der Waals surface area contributed by atoms with Crippen LogP contribution in [0.15, 0.2) is 23.1 Å². The molecule has 0 amide bonds. The van der Waals surface area contributed by atoms with E-state index in [1.54, 1.807) is 24.8 Å². The summed E-state index contributed by atoms with van der Waals surface area (Å²) < 4.78 is 13.0. The lowest BCUT2D eigenvalue weighted by molar-refractivity contribution is 0.196. The van der Waals surface area contributed by atoms with Gasteiger partial charge in [-0.2, -0.15) is 0 Å². The zero-order chi connectivity index (χ0) is 11.4. The number of aliphatic hydroxyl groups is 1. The fraction of sp³-hybridized carbons (Fsp3) is 0.500. The van der Waals surface area contributed by atoms with Crippen LogP contribution in [0.3, 0.4) is 0 Å². The molecule has 0 saturated carbocycles. The first-order valence-corrected chi connectivity index (χ1v) is 6.09. The highest BCUT2D eigenvalue weighted by molar-refractivity contribution is 7.99. The maximum Gasteiger partial charge on any atom is 0.123 e. The lowest BCUT2D eigenvalue weighted by atomic mass is 10.1. The number of rotatable bonds is 4. The number of aliphatic hydroxyl groups excluding tert-OH is 1. The topological polar surface area (TPSA) is 20.2 Å². The molecule has 0 fully saturated rings. The first kappa shape index (κ1) is 12.5. The van der Waals surface area contributed by atoms with Gasteiger partial charge >= 0.3 is 0 Å². The lowest BCUT2D eigenvalue weighted by Crippen LogP contribution is -1.97. The fourth-order valence-electron chi connectivity index (χ4n) is 1.23. The van der Waals surface area contributed by atoms with Crippen LogP contribution in [-0.2, 0) is 0 Å². The highest BCUT2D eigenvalue weighted by Gasteiger charge is 2.10. The highest BCUT2D eigenvalue weighted by Crippen LogP contribution is 2.29. The second kappa shape index (κ2) is 5.52. The van der Waals surface area contributed by atoms with Crippen LogP contribution < -0.4 is 0 Å². The van der Waals surface area contributed by atoms with Gasteiger partial charge in [0.2, 0.25) is 0 Å². The van der Waals surface area contributed by atoms with Crippen molar-refractivity contribution in [3.8, 4) is 0 Å². The van der Waals surface area contributed by atoms with Crippen molar-refractivity contribution in [1.82, 2.24) is 0 Å². The van der Waals surface area contributed by atoms with Crippen molar-refractivity contribution in [2.45, 2.75) is 31.8 Å². The van der Waals surface area contributed by atoms with Crippen LogP contribution in [0.1, 0.15) is 32.4 Å². The Morgan fingerprint density at radius 2 is 2.00 bits per heavy atom. The summed E-state index contributed by atoms with van der Waals surface area (Å²) in [5.74, 6) is 1.27. The minimum Gasteiger partial charge on any atom is -0.389 e. The normalized spacial score (nSPS) is 13.2. The van der Waals surface area contributed by atoms with Gasteiger partial charge in [-0.3, -0.25) is 0 Å². The molecule has 0 saturated heterocycles. The van der Waals surface area contributed by atoms with Crippen molar-refractivity contribution in [3.05, 3.63) is 29.6 Å². The van der Waals surface area contributed by atoms with Crippen LogP contribution in [0.2, 0.25) is 0 Å². The molecule has 1 aromatic rings. The zero-order valence-corrected chi connectivity index (χ0v) is 10.1. The Morgan fingerprint density at radius 1 is 1.33 bits per heavy atom. The molecule has 1 rings (SSSR count). The molecule has 1 N–H and O–H groups in total. The van der Waals surface area contributed by atoms with Gasteiger partial charge in [0.25, 0.3) is 0 Å². The third kappa shape index (κ3) is 3.84. The van der Waals surface area contributed by atoms with Crippen LogP contribution in [0, 0.1) is 11.7 Å². The van der Waals surface area contributed by atoms with Crippen LogP contribution in [0.5, 0.6) is 0 Å². The maximum absolute atomic E-state index is 13.0. The summed E-state index contributed by atoms with van der Waals surface area (Å²) in [6.07, 6.45) is -0.615. The van der Waals surface area contributed by atoms with E-state index in [2.05, 4.69) is 13.8 Å². The molecule has 0 spiro atoms. The molecule has 1 aromatic carbocycles. The van der Waals surface area contributed by atoms with Crippen molar-refractivity contribution in [3.63, 3.8) is 0 Å². The first-order chi connectivity index (χ1) is 7.00. The summed E-state index contributed by atoms with van der Waals surface area (Å²) in [7, 11) is 0. The Balaban J connectivity index is 2.86.